The van der Waals surface area contributed by atoms with Crippen LogP contribution in [0, 0.1) is 0 Å². The molecule has 12 heavy (non-hydrogen) atoms. The fourth-order valence-corrected chi connectivity index (χ4v) is 1.48. The maximum Gasteiger partial charge on any atom is 0.134 e. The van der Waals surface area contributed by atoms with E-state index in [4.69, 9.17) is 4.74 Å². The van der Waals surface area contributed by atoms with Crippen molar-refractivity contribution in [2.75, 3.05) is 7.11 Å². The van der Waals surface area contributed by atoms with Gasteiger partial charge in [0.25, 0.3) is 0 Å². The quantitative estimate of drug-likeness (QED) is 0.657. The lowest BCUT2D eigenvalue weighted by atomic mass is 10.3. The third-order valence-electron chi connectivity index (χ3n) is 1.75. The predicted octanol–water partition coefficient (Wildman–Crippen LogP) is 1.86. The first-order valence-corrected chi connectivity index (χ1v) is 3.96. The van der Waals surface area contributed by atoms with E-state index < -0.39 is 0 Å². The van der Waals surface area contributed by atoms with E-state index in [-0.39, 0.29) is 0 Å². The molecule has 1 aromatic carbocycles. The van der Waals surface area contributed by atoms with Crippen molar-refractivity contribution in [2.24, 2.45) is 0 Å². The molecule has 0 atom stereocenters. The zero-order valence-electron chi connectivity index (χ0n) is 6.53. The van der Waals surface area contributed by atoms with Crippen molar-refractivity contribution in [3.63, 3.8) is 0 Å². The number of aromatic nitrogens is 2. The number of rotatable bonds is 1. The number of benzene rings is 1. The standard InChI is InChI=1S/C8H8N2OS/c1-11-6-3-2-5-7(8(6)12)10-4-9-5/h2-4,12H,1H3,(H,9,10). The smallest absolute Gasteiger partial charge is 0.134 e. The van der Waals surface area contributed by atoms with E-state index in [2.05, 4.69) is 22.6 Å². The lowest BCUT2D eigenvalue weighted by Crippen LogP contribution is -1.84. The second-order valence-corrected chi connectivity index (χ2v) is 2.86. The van der Waals surface area contributed by atoms with Gasteiger partial charge in [0.2, 0.25) is 0 Å². The number of fused-ring (bicyclic) bond motifs is 1. The number of nitrogens with one attached hydrogen (secondary N) is 1. The number of ether oxygens (including phenoxy) is 1. The molecule has 0 saturated carbocycles. The topological polar surface area (TPSA) is 37.9 Å². The zero-order chi connectivity index (χ0) is 8.55. The SMILES string of the molecule is COc1ccc2[nH]cnc2c1S. The monoisotopic (exact) mass is 180 g/mol. The highest BCUT2D eigenvalue weighted by Gasteiger charge is 2.05. The van der Waals surface area contributed by atoms with Crippen LogP contribution in [0.25, 0.3) is 11.0 Å². The molecule has 4 heteroatoms. The average Bonchev–Trinajstić information content (AvgIpc) is 2.53. The van der Waals surface area contributed by atoms with E-state index in [9.17, 15) is 0 Å². The minimum absolute atomic E-state index is 0.748. The van der Waals surface area contributed by atoms with Crippen LogP contribution in [-0.2, 0) is 0 Å². The second kappa shape index (κ2) is 2.71. The van der Waals surface area contributed by atoms with Crippen molar-refractivity contribution >= 4 is 23.7 Å². The number of thiol groups is 1. The van der Waals surface area contributed by atoms with E-state index in [1.54, 1.807) is 13.4 Å². The van der Waals surface area contributed by atoms with E-state index >= 15 is 0 Å². The Labute approximate surface area is 75.2 Å². The highest BCUT2D eigenvalue weighted by atomic mass is 32.1. The Morgan fingerprint density at radius 2 is 2.33 bits per heavy atom. The summed E-state index contributed by atoms with van der Waals surface area (Å²) < 4.78 is 5.09. The highest BCUT2D eigenvalue weighted by molar-refractivity contribution is 7.80. The van der Waals surface area contributed by atoms with Gasteiger partial charge in [-0.1, -0.05) is 0 Å². The number of methoxy groups -OCH3 is 1. The molecule has 0 fully saturated rings. The van der Waals surface area contributed by atoms with Crippen LogP contribution in [-0.4, -0.2) is 17.1 Å². The fraction of sp³-hybridized carbons (Fsp3) is 0.125. The van der Waals surface area contributed by atoms with Crippen molar-refractivity contribution < 1.29 is 4.74 Å². The molecule has 0 aliphatic carbocycles. The molecule has 0 unspecified atom stereocenters. The van der Waals surface area contributed by atoms with Gasteiger partial charge in [-0.3, -0.25) is 0 Å². The van der Waals surface area contributed by atoms with Gasteiger partial charge in [0, 0.05) is 0 Å². The molecule has 1 N–H and O–H groups in total. The van der Waals surface area contributed by atoms with Gasteiger partial charge < -0.3 is 9.72 Å². The summed E-state index contributed by atoms with van der Waals surface area (Å²) in [5, 5.41) is 0. The Kier molecular flexibility index (Phi) is 1.69. The molecule has 0 bridgehead atoms. The molecular weight excluding hydrogens is 172 g/mol. The lowest BCUT2D eigenvalue weighted by molar-refractivity contribution is 0.406. The molecule has 0 spiro atoms. The lowest BCUT2D eigenvalue weighted by Gasteiger charge is -2.02. The number of aromatic amines is 1. The third kappa shape index (κ3) is 0.956. The van der Waals surface area contributed by atoms with E-state index in [0.717, 1.165) is 21.7 Å². The normalized spacial score (nSPS) is 10.5. The van der Waals surface area contributed by atoms with Gasteiger partial charge in [0.15, 0.2) is 0 Å². The summed E-state index contributed by atoms with van der Waals surface area (Å²) in [5.74, 6) is 0.748. The number of H-pyrrole nitrogens is 1. The molecule has 0 aliphatic rings. The predicted molar refractivity (Wildman–Crippen MR) is 49.9 cm³/mol. The summed E-state index contributed by atoms with van der Waals surface area (Å²) in [7, 11) is 1.62. The molecule has 0 radical (unpaired) electrons. The number of hydrogen-bond donors (Lipinski definition) is 2. The van der Waals surface area contributed by atoms with Crippen molar-refractivity contribution in [2.45, 2.75) is 4.90 Å². The molecular formula is C8H8N2OS. The van der Waals surface area contributed by atoms with E-state index in [1.165, 1.54) is 0 Å². The maximum atomic E-state index is 5.09. The van der Waals surface area contributed by atoms with Crippen LogP contribution in [0.5, 0.6) is 5.75 Å². The Morgan fingerprint density at radius 1 is 1.50 bits per heavy atom. The van der Waals surface area contributed by atoms with Gasteiger partial charge in [0.05, 0.1) is 23.8 Å². The van der Waals surface area contributed by atoms with Crippen molar-refractivity contribution in [1.82, 2.24) is 9.97 Å². The van der Waals surface area contributed by atoms with Gasteiger partial charge in [-0.15, -0.1) is 12.6 Å². The largest absolute Gasteiger partial charge is 0.496 e. The molecule has 2 rings (SSSR count). The summed E-state index contributed by atoms with van der Waals surface area (Å²) in [5.41, 5.74) is 1.82. The molecule has 3 nitrogen and oxygen atoms in total. The van der Waals surface area contributed by atoms with Crippen molar-refractivity contribution in [1.29, 1.82) is 0 Å². The first-order valence-electron chi connectivity index (χ1n) is 3.52. The Hall–Kier alpha value is -1.16. The second-order valence-electron chi connectivity index (χ2n) is 2.42. The Morgan fingerprint density at radius 3 is 3.08 bits per heavy atom. The molecule has 62 valence electrons. The van der Waals surface area contributed by atoms with Gasteiger partial charge in [0.1, 0.15) is 11.3 Å². The number of nitrogens with zero attached hydrogens (tertiary/aromatic N) is 1. The first kappa shape index (κ1) is 7.49. The van der Waals surface area contributed by atoms with Crippen LogP contribution in [0.15, 0.2) is 23.4 Å². The maximum absolute atomic E-state index is 5.09. The van der Waals surface area contributed by atoms with E-state index in [0.29, 0.717) is 0 Å². The summed E-state index contributed by atoms with van der Waals surface area (Å²) in [6.07, 6.45) is 1.64. The highest BCUT2D eigenvalue weighted by Crippen LogP contribution is 2.28. The Balaban J connectivity index is 2.78. The summed E-state index contributed by atoms with van der Waals surface area (Å²) in [6, 6.07) is 3.78. The minimum Gasteiger partial charge on any atom is -0.496 e. The first-order chi connectivity index (χ1) is 5.83. The fourth-order valence-electron chi connectivity index (χ4n) is 1.14. The molecule has 0 amide bonds. The van der Waals surface area contributed by atoms with Crippen LogP contribution in [0.4, 0.5) is 0 Å². The van der Waals surface area contributed by atoms with Crippen molar-refractivity contribution in [3.8, 4) is 5.75 Å². The van der Waals surface area contributed by atoms with Gasteiger partial charge in [-0.05, 0) is 12.1 Å². The summed E-state index contributed by atoms with van der Waals surface area (Å²) >= 11 is 4.30. The molecule has 1 heterocycles. The summed E-state index contributed by atoms with van der Waals surface area (Å²) in [6.45, 7) is 0. The zero-order valence-corrected chi connectivity index (χ0v) is 7.43. The van der Waals surface area contributed by atoms with Crippen LogP contribution in [0.1, 0.15) is 0 Å². The van der Waals surface area contributed by atoms with E-state index in [1.807, 2.05) is 12.1 Å². The molecule has 0 aliphatic heterocycles. The van der Waals surface area contributed by atoms with Crippen LogP contribution in [0.3, 0.4) is 0 Å². The number of hydrogen-bond acceptors (Lipinski definition) is 3. The van der Waals surface area contributed by atoms with Gasteiger partial charge in [-0.2, -0.15) is 0 Å². The van der Waals surface area contributed by atoms with Crippen molar-refractivity contribution in [3.05, 3.63) is 18.5 Å². The Bertz CT molecular complexity index is 410. The van der Waals surface area contributed by atoms with Crippen LogP contribution >= 0.6 is 12.6 Å². The third-order valence-corrected chi connectivity index (χ3v) is 2.18. The molecule has 2 aromatic rings. The van der Waals surface area contributed by atoms with Crippen LogP contribution < -0.4 is 4.74 Å². The molecule has 0 saturated heterocycles. The number of imidazole rings is 1. The average molecular weight is 180 g/mol. The van der Waals surface area contributed by atoms with Gasteiger partial charge >= 0.3 is 0 Å². The summed E-state index contributed by atoms with van der Waals surface area (Å²) in [4.78, 5) is 7.89. The molecule has 1 aromatic heterocycles. The van der Waals surface area contributed by atoms with Crippen LogP contribution in [0.2, 0.25) is 0 Å². The van der Waals surface area contributed by atoms with Gasteiger partial charge in [-0.25, -0.2) is 4.98 Å². The minimum atomic E-state index is 0.748.